The molecule has 0 atom stereocenters. The first-order valence-electron chi connectivity index (χ1n) is 13.6. The van der Waals surface area contributed by atoms with E-state index in [1.54, 1.807) is 0 Å². The number of carbonyl (C=O) groups is 1. The fourth-order valence-corrected chi connectivity index (χ4v) is 5.82. The minimum absolute atomic E-state index is 0.0661. The van der Waals surface area contributed by atoms with E-state index in [-0.39, 0.29) is 5.91 Å². The lowest BCUT2D eigenvalue weighted by atomic mass is 9.77. The monoisotopic (exact) mass is 475 g/mol. The van der Waals surface area contributed by atoms with Crippen LogP contribution in [0.15, 0.2) is 84.9 Å². The Morgan fingerprint density at radius 2 is 1.56 bits per heavy atom. The van der Waals surface area contributed by atoms with Gasteiger partial charge in [0.1, 0.15) is 0 Å². The van der Waals surface area contributed by atoms with Gasteiger partial charge in [-0.15, -0.1) is 0 Å². The number of hydrogen-bond acceptors (Lipinski definition) is 1. The van der Waals surface area contributed by atoms with Crippen molar-refractivity contribution in [2.75, 3.05) is 5.32 Å². The highest BCUT2D eigenvalue weighted by Crippen LogP contribution is 2.37. The lowest BCUT2D eigenvalue weighted by molar-refractivity contribution is 0.102. The first-order valence-corrected chi connectivity index (χ1v) is 13.6. The predicted molar refractivity (Wildman–Crippen MR) is 153 cm³/mol. The SMILES string of the molecule is CCC1CCC(c2ccc(-c3ccc4c(C(=O)Nc5ccccc5C(C)C)cccc4c3)cc2)CC1. The van der Waals surface area contributed by atoms with Crippen molar-refractivity contribution in [3.05, 3.63) is 102 Å². The second kappa shape index (κ2) is 10.7. The van der Waals surface area contributed by atoms with Crippen LogP contribution in [-0.4, -0.2) is 5.91 Å². The molecule has 1 aliphatic rings. The van der Waals surface area contributed by atoms with E-state index in [9.17, 15) is 4.79 Å². The molecule has 36 heavy (non-hydrogen) atoms. The third kappa shape index (κ3) is 5.09. The van der Waals surface area contributed by atoms with E-state index in [1.165, 1.54) is 48.8 Å². The summed E-state index contributed by atoms with van der Waals surface area (Å²) in [6.07, 6.45) is 6.70. The van der Waals surface area contributed by atoms with Gasteiger partial charge in [-0.25, -0.2) is 0 Å². The first-order chi connectivity index (χ1) is 17.5. The Bertz CT molecular complexity index is 1340. The zero-order valence-electron chi connectivity index (χ0n) is 21.8. The number of para-hydroxylation sites is 1. The summed E-state index contributed by atoms with van der Waals surface area (Å²) >= 11 is 0. The van der Waals surface area contributed by atoms with Crippen LogP contribution in [-0.2, 0) is 0 Å². The predicted octanol–water partition coefficient (Wildman–Crippen LogP) is 9.57. The minimum Gasteiger partial charge on any atom is -0.322 e. The van der Waals surface area contributed by atoms with E-state index < -0.39 is 0 Å². The van der Waals surface area contributed by atoms with Gasteiger partial charge >= 0.3 is 0 Å². The molecule has 4 aromatic carbocycles. The van der Waals surface area contributed by atoms with Crippen LogP contribution in [0.3, 0.4) is 0 Å². The van der Waals surface area contributed by atoms with Crippen molar-refractivity contribution in [3.63, 3.8) is 0 Å². The van der Waals surface area contributed by atoms with Gasteiger partial charge in [0.25, 0.3) is 5.91 Å². The van der Waals surface area contributed by atoms with Crippen LogP contribution < -0.4 is 5.32 Å². The quantitative estimate of drug-likeness (QED) is 0.295. The number of hydrogen-bond donors (Lipinski definition) is 1. The molecule has 0 aliphatic heterocycles. The molecule has 0 bridgehead atoms. The molecule has 1 aliphatic carbocycles. The Morgan fingerprint density at radius 3 is 2.28 bits per heavy atom. The molecular formula is C34H37NO. The number of fused-ring (bicyclic) bond motifs is 1. The van der Waals surface area contributed by atoms with Crippen LogP contribution in [0.2, 0.25) is 0 Å². The van der Waals surface area contributed by atoms with Crippen molar-refractivity contribution in [3.8, 4) is 11.1 Å². The van der Waals surface area contributed by atoms with E-state index in [1.807, 2.05) is 30.3 Å². The van der Waals surface area contributed by atoms with Gasteiger partial charge in [-0.05, 0) is 94.7 Å². The van der Waals surface area contributed by atoms with Crippen molar-refractivity contribution < 1.29 is 4.79 Å². The molecule has 0 heterocycles. The molecule has 0 radical (unpaired) electrons. The van der Waals surface area contributed by atoms with Gasteiger partial charge < -0.3 is 5.32 Å². The maximum Gasteiger partial charge on any atom is 0.256 e. The lowest BCUT2D eigenvalue weighted by Gasteiger charge is -2.28. The topological polar surface area (TPSA) is 29.1 Å². The average Bonchev–Trinajstić information content (AvgIpc) is 2.92. The van der Waals surface area contributed by atoms with Crippen LogP contribution in [0.1, 0.15) is 86.2 Å². The van der Waals surface area contributed by atoms with Crippen LogP contribution in [0.25, 0.3) is 21.9 Å². The van der Waals surface area contributed by atoms with Gasteiger partial charge in [-0.1, -0.05) is 93.9 Å². The van der Waals surface area contributed by atoms with Crippen molar-refractivity contribution in [1.82, 2.24) is 0 Å². The van der Waals surface area contributed by atoms with E-state index in [0.717, 1.165) is 27.9 Å². The van der Waals surface area contributed by atoms with Crippen molar-refractivity contribution >= 4 is 22.4 Å². The lowest BCUT2D eigenvalue weighted by Crippen LogP contribution is -2.14. The van der Waals surface area contributed by atoms with Crippen LogP contribution in [0, 0.1) is 5.92 Å². The number of nitrogens with one attached hydrogen (secondary N) is 1. The van der Waals surface area contributed by atoms with Gasteiger partial charge in [0, 0.05) is 11.3 Å². The molecule has 0 spiro atoms. The summed E-state index contributed by atoms with van der Waals surface area (Å²) < 4.78 is 0. The smallest absolute Gasteiger partial charge is 0.256 e. The van der Waals surface area contributed by atoms with E-state index in [4.69, 9.17) is 0 Å². The number of amides is 1. The summed E-state index contributed by atoms with van der Waals surface area (Å²) in [5.41, 5.74) is 6.63. The first kappa shape index (κ1) is 24.3. The summed E-state index contributed by atoms with van der Waals surface area (Å²) in [5, 5.41) is 5.21. The number of carbonyl (C=O) groups excluding carboxylic acids is 1. The van der Waals surface area contributed by atoms with Gasteiger partial charge in [0.15, 0.2) is 0 Å². The van der Waals surface area contributed by atoms with Crippen molar-refractivity contribution in [1.29, 1.82) is 0 Å². The maximum atomic E-state index is 13.3. The Morgan fingerprint density at radius 1 is 0.833 bits per heavy atom. The molecule has 4 aromatic rings. The second-order valence-electron chi connectivity index (χ2n) is 10.7. The largest absolute Gasteiger partial charge is 0.322 e. The molecule has 1 N–H and O–H groups in total. The maximum absolute atomic E-state index is 13.3. The molecule has 1 fully saturated rings. The van der Waals surface area contributed by atoms with Crippen LogP contribution >= 0.6 is 0 Å². The average molecular weight is 476 g/mol. The van der Waals surface area contributed by atoms with E-state index in [2.05, 4.69) is 80.7 Å². The third-order valence-electron chi connectivity index (χ3n) is 8.10. The van der Waals surface area contributed by atoms with Gasteiger partial charge in [-0.3, -0.25) is 4.79 Å². The summed E-state index contributed by atoms with van der Waals surface area (Å²) in [7, 11) is 0. The van der Waals surface area contributed by atoms with Crippen molar-refractivity contribution in [2.24, 2.45) is 5.92 Å². The highest BCUT2D eigenvalue weighted by Gasteiger charge is 2.21. The molecule has 0 aromatic heterocycles. The second-order valence-corrected chi connectivity index (χ2v) is 10.7. The van der Waals surface area contributed by atoms with Gasteiger partial charge in [0.05, 0.1) is 0 Å². The number of rotatable bonds is 6. The molecule has 5 rings (SSSR count). The summed E-state index contributed by atoms with van der Waals surface area (Å²) in [6, 6.07) is 29.7. The normalized spacial score (nSPS) is 17.9. The Kier molecular flexibility index (Phi) is 7.23. The van der Waals surface area contributed by atoms with Crippen LogP contribution in [0.4, 0.5) is 5.69 Å². The highest BCUT2D eigenvalue weighted by molar-refractivity contribution is 6.13. The summed E-state index contributed by atoms with van der Waals surface area (Å²) in [6.45, 7) is 6.62. The minimum atomic E-state index is -0.0661. The number of anilines is 1. The molecule has 0 saturated heterocycles. The zero-order chi connectivity index (χ0) is 25.1. The van der Waals surface area contributed by atoms with Gasteiger partial charge in [0.2, 0.25) is 0 Å². The standard InChI is InChI=1S/C34H37NO/c1-4-24-12-14-25(15-13-24)26-16-18-27(19-17-26)28-20-21-31-29(22-28)8-7-10-32(31)34(36)35-33-11-6-5-9-30(33)23(2)3/h5-11,16-25H,4,12-15H2,1-3H3,(H,35,36). The molecule has 184 valence electrons. The highest BCUT2D eigenvalue weighted by atomic mass is 16.1. The Hall–Kier alpha value is -3.39. The zero-order valence-corrected chi connectivity index (χ0v) is 21.8. The van der Waals surface area contributed by atoms with E-state index >= 15 is 0 Å². The van der Waals surface area contributed by atoms with E-state index in [0.29, 0.717) is 17.4 Å². The van der Waals surface area contributed by atoms with Crippen molar-refractivity contribution in [2.45, 2.75) is 64.7 Å². The summed E-state index contributed by atoms with van der Waals surface area (Å²) in [4.78, 5) is 13.3. The molecule has 0 unspecified atom stereocenters. The van der Waals surface area contributed by atoms with Gasteiger partial charge in [-0.2, -0.15) is 0 Å². The fraction of sp³-hybridized carbons (Fsp3) is 0.324. The third-order valence-corrected chi connectivity index (χ3v) is 8.10. The molecule has 1 saturated carbocycles. The number of benzene rings is 4. The molecule has 1 amide bonds. The molecular weight excluding hydrogens is 438 g/mol. The molecule has 2 heteroatoms. The van der Waals surface area contributed by atoms with Crippen LogP contribution in [0.5, 0.6) is 0 Å². The Labute approximate surface area is 215 Å². The Balaban J connectivity index is 1.36. The summed E-state index contributed by atoms with van der Waals surface area (Å²) in [5.74, 6) is 1.91. The fourth-order valence-electron chi connectivity index (χ4n) is 5.82. The molecule has 2 nitrogen and oxygen atoms in total.